The lowest BCUT2D eigenvalue weighted by molar-refractivity contribution is 0.102. The average molecular weight is 402 g/mol. The van der Waals surface area contributed by atoms with Crippen molar-refractivity contribution < 1.29 is 17.6 Å². The molecule has 3 rings (SSSR count). The minimum atomic E-state index is -3.44. The third-order valence-electron chi connectivity index (χ3n) is 4.12. The maximum absolute atomic E-state index is 13.1. The lowest BCUT2D eigenvalue weighted by atomic mass is 10.1. The van der Waals surface area contributed by atoms with Gasteiger partial charge >= 0.3 is 0 Å². The van der Waals surface area contributed by atoms with Gasteiger partial charge in [-0.1, -0.05) is 6.07 Å². The number of hydrogen-bond acceptors (Lipinski definition) is 4. The van der Waals surface area contributed by atoms with Crippen LogP contribution in [-0.4, -0.2) is 30.4 Å². The molecule has 1 heterocycles. The van der Waals surface area contributed by atoms with Crippen molar-refractivity contribution in [3.63, 3.8) is 0 Å². The largest absolute Gasteiger partial charge is 0.322 e. The number of carbonyl (C=O) groups is 1. The van der Waals surface area contributed by atoms with E-state index in [-0.39, 0.29) is 11.7 Å². The van der Waals surface area contributed by atoms with E-state index < -0.39 is 10.0 Å². The zero-order valence-electron chi connectivity index (χ0n) is 15.5. The van der Waals surface area contributed by atoms with Crippen LogP contribution >= 0.6 is 0 Å². The molecular formula is C19H19FN4O3S. The molecule has 3 aromatic rings. The Morgan fingerprint density at radius 2 is 1.79 bits per heavy atom. The van der Waals surface area contributed by atoms with Crippen molar-refractivity contribution in [2.45, 2.75) is 13.8 Å². The van der Waals surface area contributed by atoms with Gasteiger partial charge in [0.15, 0.2) is 0 Å². The first-order valence-electron chi connectivity index (χ1n) is 8.34. The van der Waals surface area contributed by atoms with Crippen LogP contribution in [0.15, 0.2) is 48.7 Å². The number of nitrogens with zero attached hydrogens (tertiary/aromatic N) is 2. The van der Waals surface area contributed by atoms with E-state index in [0.29, 0.717) is 28.3 Å². The van der Waals surface area contributed by atoms with Crippen LogP contribution in [0.4, 0.5) is 15.8 Å². The second kappa shape index (κ2) is 7.43. The molecular weight excluding hydrogens is 383 g/mol. The fraction of sp³-hybridized carbons (Fsp3) is 0.158. The normalized spacial score (nSPS) is 11.3. The number of anilines is 2. The predicted molar refractivity (Wildman–Crippen MR) is 106 cm³/mol. The molecule has 0 aliphatic carbocycles. The van der Waals surface area contributed by atoms with E-state index in [1.807, 2.05) is 0 Å². The van der Waals surface area contributed by atoms with Gasteiger partial charge in [0.1, 0.15) is 5.82 Å². The Labute approximate surface area is 162 Å². The first-order chi connectivity index (χ1) is 13.1. The maximum Gasteiger partial charge on any atom is 0.259 e. The van der Waals surface area contributed by atoms with Gasteiger partial charge in [-0.3, -0.25) is 9.52 Å². The van der Waals surface area contributed by atoms with Crippen molar-refractivity contribution in [1.82, 2.24) is 9.78 Å². The molecule has 2 N–H and O–H groups in total. The van der Waals surface area contributed by atoms with E-state index >= 15 is 0 Å². The molecule has 0 aliphatic heterocycles. The van der Waals surface area contributed by atoms with E-state index in [9.17, 15) is 17.6 Å². The third-order valence-corrected chi connectivity index (χ3v) is 4.71. The maximum atomic E-state index is 13.1. The highest BCUT2D eigenvalue weighted by atomic mass is 32.2. The molecule has 0 saturated carbocycles. The van der Waals surface area contributed by atoms with Gasteiger partial charge in [-0.05, 0) is 55.8 Å². The quantitative estimate of drug-likeness (QED) is 0.685. The van der Waals surface area contributed by atoms with Crippen molar-refractivity contribution in [3.8, 4) is 5.69 Å². The average Bonchev–Trinajstić information content (AvgIpc) is 2.99. The van der Waals surface area contributed by atoms with Gasteiger partial charge < -0.3 is 5.32 Å². The Bertz CT molecular complexity index is 1140. The molecule has 1 aromatic heterocycles. The molecule has 0 radical (unpaired) electrons. The molecule has 9 heteroatoms. The highest BCUT2D eigenvalue weighted by Gasteiger charge is 2.16. The highest BCUT2D eigenvalue weighted by Crippen LogP contribution is 2.22. The number of aryl methyl sites for hydroxylation is 1. The monoisotopic (exact) mass is 402 g/mol. The zero-order chi connectivity index (χ0) is 20.5. The van der Waals surface area contributed by atoms with E-state index in [1.165, 1.54) is 18.3 Å². The van der Waals surface area contributed by atoms with E-state index in [4.69, 9.17) is 0 Å². The summed E-state index contributed by atoms with van der Waals surface area (Å²) in [6.45, 7) is 3.49. The Morgan fingerprint density at radius 1 is 1.11 bits per heavy atom. The summed E-state index contributed by atoms with van der Waals surface area (Å²) in [6.07, 6.45) is 2.49. The summed E-state index contributed by atoms with van der Waals surface area (Å²) in [4.78, 5) is 12.7. The number of amides is 1. The summed E-state index contributed by atoms with van der Waals surface area (Å²) in [7, 11) is -3.44. The van der Waals surface area contributed by atoms with E-state index in [1.54, 1.807) is 48.9 Å². The van der Waals surface area contributed by atoms with Gasteiger partial charge in [-0.15, -0.1) is 0 Å². The van der Waals surface area contributed by atoms with Gasteiger partial charge in [-0.25, -0.2) is 17.5 Å². The topological polar surface area (TPSA) is 93.1 Å². The first-order valence-corrected chi connectivity index (χ1v) is 10.2. The number of benzene rings is 2. The van der Waals surface area contributed by atoms with Crippen molar-refractivity contribution in [3.05, 3.63) is 71.3 Å². The molecule has 0 fully saturated rings. The number of sulfonamides is 1. The second-order valence-corrected chi connectivity index (χ2v) is 8.14. The molecule has 0 atom stereocenters. The molecule has 1 amide bonds. The van der Waals surface area contributed by atoms with E-state index in [2.05, 4.69) is 15.1 Å². The van der Waals surface area contributed by atoms with Crippen LogP contribution in [0.2, 0.25) is 0 Å². The van der Waals surface area contributed by atoms with Gasteiger partial charge in [0.05, 0.1) is 35.1 Å². The molecule has 146 valence electrons. The van der Waals surface area contributed by atoms with Crippen molar-refractivity contribution in [2.75, 3.05) is 16.3 Å². The fourth-order valence-electron chi connectivity index (χ4n) is 2.68. The minimum absolute atomic E-state index is 0.350. The first kappa shape index (κ1) is 19.6. The Morgan fingerprint density at radius 3 is 2.43 bits per heavy atom. The summed E-state index contributed by atoms with van der Waals surface area (Å²) in [5, 5.41) is 6.94. The Hall–Kier alpha value is -3.20. The lowest BCUT2D eigenvalue weighted by Gasteiger charge is -2.11. The predicted octanol–water partition coefficient (Wildman–Crippen LogP) is 3.25. The summed E-state index contributed by atoms with van der Waals surface area (Å²) < 4.78 is 40.0. The van der Waals surface area contributed by atoms with Gasteiger partial charge in [0.2, 0.25) is 10.0 Å². The number of hydrogen-bond donors (Lipinski definition) is 2. The molecule has 2 aromatic carbocycles. The molecule has 0 bridgehead atoms. The number of nitrogens with one attached hydrogen (secondary N) is 2. The number of aromatic nitrogens is 2. The lowest BCUT2D eigenvalue weighted by Crippen LogP contribution is -2.14. The van der Waals surface area contributed by atoms with Crippen molar-refractivity contribution in [1.29, 1.82) is 0 Å². The summed E-state index contributed by atoms with van der Waals surface area (Å²) in [5.74, 6) is -0.746. The number of halogens is 1. The second-order valence-electron chi connectivity index (χ2n) is 6.39. The Balaban J connectivity index is 1.84. The van der Waals surface area contributed by atoms with Crippen LogP contribution in [0.3, 0.4) is 0 Å². The smallest absolute Gasteiger partial charge is 0.259 e. The van der Waals surface area contributed by atoms with Crippen LogP contribution in [0, 0.1) is 19.7 Å². The van der Waals surface area contributed by atoms with Crippen LogP contribution in [0.1, 0.15) is 21.6 Å². The molecule has 28 heavy (non-hydrogen) atoms. The standard InChI is InChI=1S/C19H19FN4O3S/c1-12-4-7-15(10-18(12)23-28(3,26)27)22-19(25)17-11-21-24(13(17)2)16-8-5-14(20)6-9-16/h4-11,23H,1-3H3,(H,22,25). The van der Waals surface area contributed by atoms with Crippen LogP contribution in [0.5, 0.6) is 0 Å². The SMILES string of the molecule is Cc1ccc(NC(=O)c2cnn(-c3ccc(F)cc3)c2C)cc1NS(C)(=O)=O. The van der Waals surface area contributed by atoms with Crippen molar-refractivity contribution >= 4 is 27.3 Å². The van der Waals surface area contributed by atoms with Crippen LogP contribution in [0.25, 0.3) is 5.69 Å². The van der Waals surface area contributed by atoms with Crippen LogP contribution in [-0.2, 0) is 10.0 Å². The number of rotatable bonds is 5. The molecule has 0 aliphatic rings. The molecule has 0 saturated heterocycles. The van der Waals surface area contributed by atoms with Gasteiger partial charge in [0.25, 0.3) is 5.91 Å². The molecule has 7 nitrogen and oxygen atoms in total. The van der Waals surface area contributed by atoms with Gasteiger partial charge in [0, 0.05) is 5.69 Å². The third kappa shape index (κ3) is 4.37. The van der Waals surface area contributed by atoms with E-state index in [0.717, 1.165) is 11.8 Å². The Kier molecular flexibility index (Phi) is 5.19. The molecule has 0 spiro atoms. The summed E-state index contributed by atoms with van der Waals surface area (Å²) in [6, 6.07) is 10.7. The zero-order valence-corrected chi connectivity index (χ0v) is 16.3. The van der Waals surface area contributed by atoms with Gasteiger partial charge in [-0.2, -0.15) is 5.10 Å². The fourth-order valence-corrected chi connectivity index (χ4v) is 3.30. The summed E-state index contributed by atoms with van der Waals surface area (Å²) in [5.41, 5.74) is 3.12. The molecule has 0 unspecified atom stereocenters. The summed E-state index contributed by atoms with van der Waals surface area (Å²) >= 11 is 0. The highest BCUT2D eigenvalue weighted by molar-refractivity contribution is 7.92. The minimum Gasteiger partial charge on any atom is -0.322 e. The number of carbonyl (C=O) groups excluding carboxylic acids is 1. The van der Waals surface area contributed by atoms with Crippen LogP contribution < -0.4 is 10.0 Å². The van der Waals surface area contributed by atoms with Crippen molar-refractivity contribution in [2.24, 2.45) is 0 Å².